The zero-order chi connectivity index (χ0) is 25.1. The van der Waals surface area contributed by atoms with Crippen molar-refractivity contribution in [3.63, 3.8) is 0 Å². The summed E-state index contributed by atoms with van der Waals surface area (Å²) in [7, 11) is 1.10. The highest BCUT2D eigenvalue weighted by molar-refractivity contribution is 5.99. The number of aliphatic hydroxyl groups excluding tert-OH is 2. The van der Waals surface area contributed by atoms with Crippen LogP contribution >= 0.6 is 0 Å². The Bertz CT molecular complexity index is 928. The number of rotatable bonds is 6. The molecule has 5 atom stereocenters. The van der Waals surface area contributed by atoms with Crippen LogP contribution < -0.4 is 0 Å². The summed E-state index contributed by atoms with van der Waals surface area (Å²) in [5.74, 6) is 0.469. The molecule has 2 saturated carbocycles. The van der Waals surface area contributed by atoms with E-state index in [4.69, 9.17) is 0 Å². The van der Waals surface area contributed by atoms with Gasteiger partial charge in [0.2, 0.25) is 0 Å². The van der Waals surface area contributed by atoms with Gasteiger partial charge < -0.3 is 15.1 Å². The van der Waals surface area contributed by atoms with Crippen LogP contribution in [0.3, 0.4) is 0 Å². The van der Waals surface area contributed by atoms with Crippen LogP contribution in [-0.4, -0.2) is 41.4 Å². The maximum Gasteiger partial charge on any atom is 0.436 e. The second-order valence-electron chi connectivity index (χ2n) is 9.98. The number of hydrogen-bond acceptors (Lipinski definition) is 4. The van der Waals surface area contributed by atoms with Gasteiger partial charge in [-0.15, -0.1) is 0 Å². The van der Waals surface area contributed by atoms with Crippen molar-refractivity contribution in [1.29, 1.82) is 0 Å². The van der Waals surface area contributed by atoms with Crippen molar-refractivity contribution < 1.29 is 28.2 Å². The zero-order valence-electron chi connectivity index (χ0n) is 20.2. The molecular weight excluding hydrogens is 443 g/mol. The largest absolute Gasteiger partial charge is 0.436 e. The maximum absolute atomic E-state index is 13.0. The van der Waals surface area contributed by atoms with Crippen molar-refractivity contribution in [2.75, 3.05) is 7.11 Å². The van der Waals surface area contributed by atoms with Crippen molar-refractivity contribution in [2.45, 2.75) is 77.2 Å². The van der Waals surface area contributed by atoms with Gasteiger partial charge >= 0.3 is 6.18 Å². The molecule has 188 valence electrons. The molecule has 0 aromatic rings. The molecule has 3 aliphatic carbocycles. The molecule has 4 nitrogen and oxygen atoms in total. The third-order valence-corrected chi connectivity index (χ3v) is 7.65. The fourth-order valence-electron chi connectivity index (χ4n) is 5.87. The average molecular weight is 480 g/mol. The van der Waals surface area contributed by atoms with E-state index in [9.17, 15) is 23.4 Å². The zero-order valence-corrected chi connectivity index (χ0v) is 20.2. The molecule has 0 amide bonds. The lowest BCUT2D eigenvalue weighted by Crippen LogP contribution is -2.32. The molecule has 2 fully saturated rings. The van der Waals surface area contributed by atoms with Crippen LogP contribution in [0.2, 0.25) is 0 Å². The third-order valence-electron chi connectivity index (χ3n) is 7.65. The van der Waals surface area contributed by atoms with Gasteiger partial charge in [0, 0.05) is 6.42 Å². The average Bonchev–Trinajstić information content (AvgIpc) is 3.11. The molecular formula is C27H36F3NO3. The standard InChI is InChI=1S/C27H36F3NO3/c1-17(7-5-9-25(31-34-4)27(28,29)30)22-12-13-23-19(8-6-14-26(22,23)3)10-11-20-15-21(32)16-24(33)18(20)2/h5,9-12,17,21,23-24,32-33H,2,6-8,13-16H2,1,3-4H3/b9-5+,19-10+,20-11-,31-25+/t17-,21+,23-,24-,26+/m0/s1. The molecule has 0 spiro atoms. The van der Waals surface area contributed by atoms with E-state index in [2.05, 4.69) is 42.6 Å². The Morgan fingerprint density at radius 3 is 2.76 bits per heavy atom. The molecule has 0 saturated heterocycles. The van der Waals surface area contributed by atoms with E-state index in [0.717, 1.165) is 44.4 Å². The van der Waals surface area contributed by atoms with E-state index in [-0.39, 0.29) is 11.3 Å². The molecule has 0 radical (unpaired) electrons. The van der Waals surface area contributed by atoms with Crippen molar-refractivity contribution in [3.8, 4) is 0 Å². The van der Waals surface area contributed by atoms with Crippen molar-refractivity contribution >= 4 is 5.71 Å². The molecule has 0 unspecified atom stereocenters. The minimum atomic E-state index is -4.55. The van der Waals surface area contributed by atoms with Gasteiger partial charge in [-0.1, -0.05) is 61.0 Å². The van der Waals surface area contributed by atoms with Crippen LogP contribution in [0.25, 0.3) is 0 Å². The summed E-state index contributed by atoms with van der Waals surface area (Å²) in [4.78, 5) is 4.33. The van der Waals surface area contributed by atoms with Gasteiger partial charge in [-0.05, 0) is 73.0 Å². The number of alkyl halides is 3. The first-order chi connectivity index (χ1) is 16.0. The van der Waals surface area contributed by atoms with E-state index in [1.54, 1.807) is 0 Å². The van der Waals surface area contributed by atoms with E-state index >= 15 is 0 Å². The Morgan fingerprint density at radius 2 is 2.09 bits per heavy atom. The summed E-state index contributed by atoms with van der Waals surface area (Å²) in [6.45, 7) is 8.34. The molecule has 3 aliphatic rings. The summed E-state index contributed by atoms with van der Waals surface area (Å²) in [5, 5.41) is 23.2. The number of hydrogen-bond donors (Lipinski definition) is 2. The lowest BCUT2D eigenvalue weighted by atomic mass is 9.62. The van der Waals surface area contributed by atoms with Crippen molar-refractivity contribution in [3.05, 3.63) is 59.3 Å². The number of fused-ring (bicyclic) bond motifs is 1. The Hall–Kier alpha value is -2.12. The van der Waals surface area contributed by atoms with Crippen LogP contribution in [-0.2, 0) is 4.84 Å². The summed E-state index contributed by atoms with van der Waals surface area (Å²) in [5.41, 5.74) is 3.18. The topological polar surface area (TPSA) is 62.0 Å². The molecule has 0 heterocycles. The van der Waals surface area contributed by atoms with E-state index in [1.165, 1.54) is 17.2 Å². The van der Waals surface area contributed by atoms with Gasteiger partial charge in [0.1, 0.15) is 7.11 Å². The molecule has 0 aromatic carbocycles. The SMILES string of the molecule is C=C1/C(=C\C=C2/CCC[C@]3(C)C([C@@H](C)C/C=C/C(=N\OC)C(F)(F)F)=CC[C@@H]23)C[C@@H](O)C[C@@H]1O. The maximum atomic E-state index is 13.0. The first-order valence-electron chi connectivity index (χ1n) is 12.0. The Balaban J connectivity index is 1.73. The Kier molecular flexibility index (Phi) is 8.30. The lowest BCUT2D eigenvalue weighted by Gasteiger charge is -2.42. The van der Waals surface area contributed by atoms with Crippen LogP contribution in [0, 0.1) is 17.3 Å². The summed E-state index contributed by atoms with van der Waals surface area (Å²) in [6.07, 6.45) is 8.48. The molecule has 0 bridgehead atoms. The second kappa shape index (κ2) is 10.6. The van der Waals surface area contributed by atoms with Crippen LogP contribution in [0.1, 0.15) is 58.8 Å². The van der Waals surface area contributed by atoms with E-state index in [1.807, 2.05) is 6.08 Å². The third kappa shape index (κ3) is 5.74. The van der Waals surface area contributed by atoms with Crippen LogP contribution in [0.5, 0.6) is 0 Å². The normalized spacial score (nSPS) is 34.0. The van der Waals surface area contributed by atoms with Crippen molar-refractivity contribution in [1.82, 2.24) is 0 Å². The lowest BCUT2D eigenvalue weighted by molar-refractivity contribution is -0.0604. The summed E-state index contributed by atoms with van der Waals surface area (Å²) < 4.78 is 39.0. The molecule has 34 heavy (non-hydrogen) atoms. The molecule has 7 heteroatoms. The minimum Gasteiger partial charge on any atom is -0.399 e. The van der Waals surface area contributed by atoms with Gasteiger partial charge in [0.05, 0.1) is 12.2 Å². The quantitative estimate of drug-likeness (QED) is 0.271. The highest BCUT2D eigenvalue weighted by Gasteiger charge is 2.45. The fourth-order valence-corrected chi connectivity index (χ4v) is 5.87. The minimum absolute atomic E-state index is 0.0219. The van der Waals surface area contributed by atoms with Crippen molar-refractivity contribution in [2.24, 2.45) is 22.4 Å². The summed E-state index contributed by atoms with van der Waals surface area (Å²) >= 11 is 0. The molecule has 0 aliphatic heterocycles. The highest BCUT2D eigenvalue weighted by Crippen LogP contribution is 2.57. The Morgan fingerprint density at radius 1 is 1.35 bits per heavy atom. The number of nitrogens with zero attached hydrogens (tertiary/aromatic N) is 1. The van der Waals surface area contributed by atoms with Gasteiger partial charge in [-0.25, -0.2) is 0 Å². The van der Waals surface area contributed by atoms with Crippen LogP contribution in [0.4, 0.5) is 13.2 Å². The van der Waals surface area contributed by atoms with Crippen LogP contribution in [0.15, 0.2) is 64.4 Å². The second-order valence-corrected chi connectivity index (χ2v) is 9.98. The first kappa shape index (κ1) is 26.5. The summed E-state index contributed by atoms with van der Waals surface area (Å²) in [6, 6.07) is 0. The monoisotopic (exact) mass is 479 g/mol. The smallest absolute Gasteiger partial charge is 0.399 e. The van der Waals surface area contributed by atoms with Gasteiger partial charge in [-0.2, -0.15) is 13.2 Å². The van der Waals surface area contributed by atoms with E-state index < -0.39 is 24.1 Å². The number of halogens is 3. The number of aliphatic hydroxyl groups is 2. The highest BCUT2D eigenvalue weighted by atomic mass is 19.4. The van der Waals surface area contributed by atoms with Gasteiger partial charge in [0.15, 0.2) is 5.71 Å². The molecule has 3 rings (SSSR count). The first-order valence-corrected chi connectivity index (χ1v) is 12.0. The Labute approximate surface area is 200 Å². The van der Waals surface area contributed by atoms with Gasteiger partial charge in [0.25, 0.3) is 0 Å². The molecule has 2 N–H and O–H groups in total. The fraction of sp³-hybridized carbons (Fsp3) is 0.593. The van der Waals surface area contributed by atoms with E-state index in [0.29, 0.717) is 30.8 Å². The predicted octanol–water partition coefficient (Wildman–Crippen LogP) is 6.19. The number of allylic oxidation sites excluding steroid dienone is 7. The van der Waals surface area contributed by atoms with Gasteiger partial charge in [-0.3, -0.25) is 0 Å². The number of oxime groups is 1. The molecule has 0 aromatic heterocycles. The predicted molar refractivity (Wildman–Crippen MR) is 128 cm³/mol.